The molecular weight excluding hydrogens is 220 g/mol. The lowest BCUT2D eigenvalue weighted by Gasteiger charge is -2.02. The highest BCUT2D eigenvalue weighted by atomic mass is 16.5. The van der Waals surface area contributed by atoms with E-state index in [0.717, 1.165) is 23.7 Å². The SMILES string of the molecule is COc1cc(C(=O)O)cc2cn(C3CC3)nc12. The van der Waals surface area contributed by atoms with E-state index in [4.69, 9.17) is 9.84 Å². The van der Waals surface area contributed by atoms with Gasteiger partial charge in [0, 0.05) is 11.6 Å². The van der Waals surface area contributed by atoms with Gasteiger partial charge >= 0.3 is 5.97 Å². The summed E-state index contributed by atoms with van der Waals surface area (Å²) in [5.41, 5.74) is 0.953. The quantitative estimate of drug-likeness (QED) is 0.879. The third kappa shape index (κ3) is 1.63. The van der Waals surface area contributed by atoms with Crippen molar-refractivity contribution in [2.75, 3.05) is 7.11 Å². The molecule has 0 saturated heterocycles. The van der Waals surface area contributed by atoms with Crippen LogP contribution >= 0.6 is 0 Å². The summed E-state index contributed by atoms with van der Waals surface area (Å²) >= 11 is 0. The summed E-state index contributed by atoms with van der Waals surface area (Å²) in [6, 6.07) is 3.61. The van der Waals surface area contributed by atoms with Gasteiger partial charge in [-0.05, 0) is 25.0 Å². The lowest BCUT2D eigenvalue weighted by molar-refractivity contribution is 0.0696. The molecule has 5 nitrogen and oxygen atoms in total. The van der Waals surface area contributed by atoms with E-state index in [1.165, 1.54) is 13.2 Å². The fourth-order valence-electron chi connectivity index (χ4n) is 1.93. The number of aromatic carboxylic acids is 1. The van der Waals surface area contributed by atoms with Crippen LogP contribution in [0.5, 0.6) is 5.75 Å². The van der Waals surface area contributed by atoms with Gasteiger partial charge in [0.25, 0.3) is 0 Å². The number of hydrogen-bond acceptors (Lipinski definition) is 3. The van der Waals surface area contributed by atoms with Crippen molar-refractivity contribution in [3.05, 3.63) is 23.9 Å². The molecule has 1 aliphatic rings. The molecule has 1 heterocycles. The Balaban J connectivity index is 2.21. The minimum absolute atomic E-state index is 0.227. The van der Waals surface area contributed by atoms with E-state index in [9.17, 15) is 4.79 Å². The largest absolute Gasteiger partial charge is 0.494 e. The molecule has 88 valence electrons. The predicted molar refractivity (Wildman–Crippen MR) is 61.5 cm³/mol. The van der Waals surface area contributed by atoms with Gasteiger partial charge in [0.1, 0.15) is 11.3 Å². The average Bonchev–Trinajstić information content (AvgIpc) is 3.07. The Kier molecular flexibility index (Phi) is 2.07. The molecule has 0 bridgehead atoms. The van der Waals surface area contributed by atoms with Crippen LogP contribution in [0, 0.1) is 0 Å². The number of ether oxygens (including phenoxy) is 1. The Morgan fingerprint density at radius 1 is 1.53 bits per heavy atom. The summed E-state index contributed by atoms with van der Waals surface area (Å²) in [6.45, 7) is 0. The van der Waals surface area contributed by atoms with E-state index < -0.39 is 5.97 Å². The monoisotopic (exact) mass is 232 g/mol. The highest BCUT2D eigenvalue weighted by molar-refractivity contribution is 5.96. The van der Waals surface area contributed by atoms with Crippen LogP contribution in [0.2, 0.25) is 0 Å². The Hall–Kier alpha value is -2.04. The van der Waals surface area contributed by atoms with Crippen molar-refractivity contribution in [2.24, 2.45) is 0 Å². The summed E-state index contributed by atoms with van der Waals surface area (Å²) in [4.78, 5) is 11.0. The maximum absolute atomic E-state index is 11.0. The molecular formula is C12H12N2O3. The zero-order valence-electron chi connectivity index (χ0n) is 9.38. The summed E-state index contributed by atoms with van der Waals surface area (Å²) < 4.78 is 7.09. The number of methoxy groups -OCH3 is 1. The number of carboxylic acids is 1. The normalized spacial score (nSPS) is 15.1. The van der Waals surface area contributed by atoms with E-state index in [1.54, 1.807) is 6.07 Å². The molecule has 0 radical (unpaired) electrons. The number of fused-ring (bicyclic) bond motifs is 1. The van der Waals surface area contributed by atoms with Gasteiger partial charge in [0.15, 0.2) is 0 Å². The minimum Gasteiger partial charge on any atom is -0.494 e. The van der Waals surface area contributed by atoms with Crippen molar-refractivity contribution in [2.45, 2.75) is 18.9 Å². The van der Waals surface area contributed by atoms with Crippen molar-refractivity contribution in [3.8, 4) is 5.75 Å². The summed E-state index contributed by atoms with van der Waals surface area (Å²) in [7, 11) is 1.52. The summed E-state index contributed by atoms with van der Waals surface area (Å²) in [5, 5.41) is 14.3. The number of benzene rings is 1. The molecule has 5 heteroatoms. The smallest absolute Gasteiger partial charge is 0.335 e. The van der Waals surface area contributed by atoms with Crippen LogP contribution < -0.4 is 4.74 Å². The van der Waals surface area contributed by atoms with E-state index >= 15 is 0 Å². The zero-order valence-corrected chi connectivity index (χ0v) is 9.38. The first kappa shape index (κ1) is 10.1. The number of rotatable bonds is 3. The molecule has 17 heavy (non-hydrogen) atoms. The molecule has 1 aliphatic carbocycles. The first-order chi connectivity index (χ1) is 8.19. The molecule has 0 unspecified atom stereocenters. The summed E-state index contributed by atoms with van der Waals surface area (Å²) in [6.07, 6.45) is 4.17. The van der Waals surface area contributed by atoms with Crippen LogP contribution in [-0.4, -0.2) is 28.0 Å². The summed E-state index contributed by atoms with van der Waals surface area (Å²) in [5.74, 6) is -0.441. The zero-order chi connectivity index (χ0) is 12.0. The standard InChI is InChI=1S/C12H12N2O3/c1-17-10-5-7(12(15)16)4-8-6-14(9-2-3-9)13-11(8)10/h4-6,9H,2-3H2,1H3,(H,15,16). The maximum atomic E-state index is 11.0. The molecule has 1 aromatic carbocycles. The first-order valence-electron chi connectivity index (χ1n) is 5.49. The molecule has 2 aromatic rings. The second kappa shape index (κ2) is 3.48. The predicted octanol–water partition coefficient (Wildman–Crippen LogP) is 2.08. The number of hydrogen-bond donors (Lipinski definition) is 1. The van der Waals surface area contributed by atoms with Gasteiger partial charge in [-0.3, -0.25) is 4.68 Å². The lowest BCUT2D eigenvalue weighted by Crippen LogP contribution is -1.97. The van der Waals surface area contributed by atoms with E-state index in [0.29, 0.717) is 11.8 Å². The first-order valence-corrected chi connectivity index (χ1v) is 5.49. The Morgan fingerprint density at radius 2 is 2.29 bits per heavy atom. The van der Waals surface area contributed by atoms with Gasteiger partial charge < -0.3 is 9.84 Å². The van der Waals surface area contributed by atoms with Crippen LogP contribution in [0.1, 0.15) is 29.2 Å². The van der Waals surface area contributed by atoms with E-state index in [2.05, 4.69) is 5.10 Å². The van der Waals surface area contributed by atoms with Crippen molar-refractivity contribution in [3.63, 3.8) is 0 Å². The molecule has 1 saturated carbocycles. The van der Waals surface area contributed by atoms with Crippen molar-refractivity contribution in [1.29, 1.82) is 0 Å². The third-order valence-corrected chi connectivity index (χ3v) is 2.98. The van der Waals surface area contributed by atoms with Gasteiger partial charge in [0.2, 0.25) is 0 Å². The van der Waals surface area contributed by atoms with Gasteiger partial charge in [-0.25, -0.2) is 4.79 Å². The van der Waals surface area contributed by atoms with Gasteiger partial charge in [-0.2, -0.15) is 5.10 Å². The molecule has 0 amide bonds. The van der Waals surface area contributed by atoms with Crippen LogP contribution in [-0.2, 0) is 0 Å². The van der Waals surface area contributed by atoms with Gasteiger partial charge in [-0.1, -0.05) is 0 Å². The van der Waals surface area contributed by atoms with Crippen molar-refractivity contribution < 1.29 is 14.6 Å². The molecule has 1 N–H and O–H groups in total. The minimum atomic E-state index is -0.954. The van der Waals surface area contributed by atoms with Crippen LogP contribution in [0.15, 0.2) is 18.3 Å². The number of nitrogens with zero attached hydrogens (tertiary/aromatic N) is 2. The maximum Gasteiger partial charge on any atom is 0.335 e. The van der Waals surface area contributed by atoms with Crippen LogP contribution in [0.25, 0.3) is 10.9 Å². The molecule has 1 fully saturated rings. The van der Waals surface area contributed by atoms with E-state index in [-0.39, 0.29) is 5.56 Å². The average molecular weight is 232 g/mol. The Morgan fingerprint density at radius 3 is 2.88 bits per heavy atom. The molecule has 0 spiro atoms. The second-order valence-electron chi connectivity index (χ2n) is 4.26. The van der Waals surface area contributed by atoms with Gasteiger partial charge in [-0.15, -0.1) is 0 Å². The molecule has 0 aliphatic heterocycles. The fraction of sp³-hybridized carbons (Fsp3) is 0.333. The topological polar surface area (TPSA) is 64.3 Å². The molecule has 0 atom stereocenters. The number of carboxylic acid groups (broad SMARTS) is 1. The fourth-order valence-corrected chi connectivity index (χ4v) is 1.93. The van der Waals surface area contributed by atoms with Crippen molar-refractivity contribution >= 4 is 16.9 Å². The molecule has 3 rings (SSSR count). The Labute approximate surface area is 97.6 Å². The number of carbonyl (C=O) groups is 1. The highest BCUT2D eigenvalue weighted by Gasteiger charge is 2.25. The number of aromatic nitrogens is 2. The lowest BCUT2D eigenvalue weighted by atomic mass is 10.1. The highest BCUT2D eigenvalue weighted by Crippen LogP contribution is 2.36. The molecule has 1 aromatic heterocycles. The van der Waals surface area contributed by atoms with Crippen LogP contribution in [0.4, 0.5) is 0 Å². The van der Waals surface area contributed by atoms with Gasteiger partial charge in [0.05, 0.1) is 18.7 Å². The van der Waals surface area contributed by atoms with Crippen LogP contribution in [0.3, 0.4) is 0 Å². The second-order valence-corrected chi connectivity index (χ2v) is 4.26. The van der Waals surface area contributed by atoms with Crippen molar-refractivity contribution in [1.82, 2.24) is 9.78 Å². The van der Waals surface area contributed by atoms with E-state index in [1.807, 2.05) is 10.9 Å². The third-order valence-electron chi connectivity index (χ3n) is 2.98. The Bertz CT molecular complexity index is 599.